The maximum atomic E-state index is 13.2. The summed E-state index contributed by atoms with van der Waals surface area (Å²) in [6.45, 7) is 1.89. The lowest BCUT2D eigenvalue weighted by Gasteiger charge is -2.10. The quantitative estimate of drug-likeness (QED) is 0.860. The Morgan fingerprint density at radius 2 is 2.21 bits per heavy atom. The molecule has 1 fully saturated rings. The molecule has 1 aromatic carbocycles. The summed E-state index contributed by atoms with van der Waals surface area (Å²) < 4.78 is 26.5. The van der Waals surface area contributed by atoms with Gasteiger partial charge in [-0.2, -0.15) is 0 Å². The third-order valence-corrected chi connectivity index (χ3v) is 3.67. The molecule has 100 valence electrons. The third-order valence-electron chi connectivity index (χ3n) is 3.67. The molecule has 1 aliphatic rings. The number of hydrogen-bond acceptors (Lipinski definition) is 2. The van der Waals surface area contributed by atoms with Gasteiger partial charge in [-0.3, -0.25) is 4.79 Å². The molecule has 0 amide bonds. The van der Waals surface area contributed by atoms with Crippen molar-refractivity contribution in [1.82, 2.24) is 9.97 Å². The lowest BCUT2D eigenvalue weighted by Crippen LogP contribution is -2.15. The molecule has 3 rings (SSSR count). The van der Waals surface area contributed by atoms with Crippen molar-refractivity contribution in [1.29, 1.82) is 0 Å². The van der Waals surface area contributed by atoms with Crippen LogP contribution in [0.1, 0.15) is 36.6 Å². The summed E-state index contributed by atoms with van der Waals surface area (Å²) in [5.41, 5.74) is 1.29. The van der Waals surface area contributed by atoms with Crippen molar-refractivity contribution in [2.24, 2.45) is 0 Å². The fourth-order valence-corrected chi connectivity index (χ4v) is 2.65. The van der Waals surface area contributed by atoms with Crippen molar-refractivity contribution in [2.75, 3.05) is 0 Å². The molecule has 1 aromatic heterocycles. The highest BCUT2D eigenvalue weighted by atomic mass is 19.3. The number of halogens is 2. The van der Waals surface area contributed by atoms with E-state index in [1.165, 1.54) is 0 Å². The van der Waals surface area contributed by atoms with E-state index in [0.717, 1.165) is 5.56 Å². The maximum Gasteiger partial charge on any atom is 0.258 e. The van der Waals surface area contributed by atoms with Gasteiger partial charge in [-0.25, -0.2) is 13.8 Å². The molecule has 1 atom stereocenters. The van der Waals surface area contributed by atoms with E-state index in [1.807, 2.05) is 13.0 Å². The normalized spacial score (nSPS) is 21.9. The molecule has 3 nitrogen and oxygen atoms in total. The molecule has 1 heterocycles. The van der Waals surface area contributed by atoms with Crippen LogP contribution in [0, 0.1) is 6.92 Å². The first-order valence-electron chi connectivity index (χ1n) is 6.33. The van der Waals surface area contributed by atoms with Crippen LogP contribution in [0.4, 0.5) is 8.78 Å². The fraction of sp³-hybridized carbons (Fsp3) is 0.429. The Morgan fingerprint density at radius 3 is 2.89 bits per heavy atom. The molecule has 1 saturated carbocycles. The predicted molar refractivity (Wildman–Crippen MR) is 68.6 cm³/mol. The van der Waals surface area contributed by atoms with Crippen LogP contribution >= 0.6 is 0 Å². The molecule has 1 aliphatic carbocycles. The summed E-state index contributed by atoms with van der Waals surface area (Å²) in [5, 5.41) is 0.508. The van der Waals surface area contributed by atoms with E-state index in [4.69, 9.17) is 0 Å². The molecule has 0 unspecified atom stereocenters. The van der Waals surface area contributed by atoms with E-state index in [1.54, 1.807) is 12.1 Å². The first-order chi connectivity index (χ1) is 8.94. The van der Waals surface area contributed by atoms with Crippen LogP contribution in [0.2, 0.25) is 0 Å². The summed E-state index contributed by atoms with van der Waals surface area (Å²) in [5.74, 6) is -2.60. The zero-order valence-corrected chi connectivity index (χ0v) is 10.5. The van der Waals surface area contributed by atoms with Gasteiger partial charge in [-0.05, 0) is 25.5 Å². The number of fused-ring (bicyclic) bond motifs is 1. The molecule has 0 radical (unpaired) electrons. The second-order valence-corrected chi connectivity index (χ2v) is 5.27. The van der Waals surface area contributed by atoms with Gasteiger partial charge in [-0.15, -0.1) is 0 Å². The van der Waals surface area contributed by atoms with Gasteiger partial charge in [0.25, 0.3) is 5.56 Å². The second kappa shape index (κ2) is 4.11. The van der Waals surface area contributed by atoms with Gasteiger partial charge in [0.05, 0.1) is 10.9 Å². The number of H-pyrrole nitrogens is 1. The fourth-order valence-electron chi connectivity index (χ4n) is 2.65. The van der Waals surface area contributed by atoms with Crippen molar-refractivity contribution < 1.29 is 8.78 Å². The Balaban J connectivity index is 2.07. The molecule has 0 spiro atoms. The smallest absolute Gasteiger partial charge is 0.258 e. The Kier molecular flexibility index (Phi) is 2.66. The van der Waals surface area contributed by atoms with Crippen molar-refractivity contribution in [3.05, 3.63) is 39.9 Å². The average molecular weight is 264 g/mol. The van der Waals surface area contributed by atoms with Crippen molar-refractivity contribution in [3.63, 3.8) is 0 Å². The van der Waals surface area contributed by atoms with Crippen LogP contribution in [0.3, 0.4) is 0 Å². The maximum absolute atomic E-state index is 13.2. The summed E-state index contributed by atoms with van der Waals surface area (Å²) in [6, 6.07) is 5.38. The second-order valence-electron chi connectivity index (χ2n) is 5.27. The number of rotatable bonds is 1. The first kappa shape index (κ1) is 12.3. The van der Waals surface area contributed by atoms with Crippen molar-refractivity contribution in [3.8, 4) is 0 Å². The van der Waals surface area contributed by atoms with E-state index in [2.05, 4.69) is 9.97 Å². The summed E-state index contributed by atoms with van der Waals surface area (Å²) in [6.07, 6.45) is 0.00787. The lowest BCUT2D eigenvalue weighted by atomic mass is 10.1. The Bertz CT molecular complexity index is 693. The number of aryl methyl sites for hydroxylation is 1. The molecule has 5 heteroatoms. The Morgan fingerprint density at radius 1 is 1.42 bits per heavy atom. The summed E-state index contributed by atoms with van der Waals surface area (Å²) >= 11 is 0. The van der Waals surface area contributed by atoms with E-state index < -0.39 is 5.92 Å². The monoisotopic (exact) mass is 264 g/mol. The van der Waals surface area contributed by atoms with Gasteiger partial charge in [0.15, 0.2) is 0 Å². The largest absolute Gasteiger partial charge is 0.310 e. The number of aromatic nitrogens is 2. The summed E-state index contributed by atoms with van der Waals surface area (Å²) in [4.78, 5) is 19.0. The van der Waals surface area contributed by atoms with Gasteiger partial charge in [0.2, 0.25) is 5.92 Å². The van der Waals surface area contributed by atoms with Crippen molar-refractivity contribution >= 4 is 10.9 Å². The molecular formula is C14H14F2N2O. The standard InChI is InChI=1S/C14H14F2N2O/c1-8-2-3-11-10(6-8)13(19)18-12(17-11)9-4-5-14(15,16)7-9/h2-3,6,9H,4-5,7H2,1H3,(H,17,18,19)/t9-/m1/s1. The highest BCUT2D eigenvalue weighted by Crippen LogP contribution is 2.43. The number of benzene rings is 1. The number of alkyl halides is 2. The Hall–Kier alpha value is -1.78. The molecule has 1 N–H and O–H groups in total. The zero-order valence-electron chi connectivity index (χ0n) is 10.5. The van der Waals surface area contributed by atoms with Gasteiger partial charge in [-0.1, -0.05) is 11.6 Å². The Labute approximate surface area is 108 Å². The molecule has 19 heavy (non-hydrogen) atoms. The van der Waals surface area contributed by atoms with E-state index in [0.29, 0.717) is 23.1 Å². The van der Waals surface area contributed by atoms with Gasteiger partial charge in [0, 0.05) is 18.8 Å². The van der Waals surface area contributed by atoms with Crippen LogP contribution in [-0.2, 0) is 0 Å². The summed E-state index contributed by atoms with van der Waals surface area (Å²) in [7, 11) is 0. The van der Waals surface area contributed by atoms with Crippen LogP contribution in [0.25, 0.3) is 10.9 Å². The minimum atomic E-state index is -2.63. The zero-order chi connectivity index (χ0) is 13.6. The van der Waals surface area contributed by atoms with Gasteiger partial charge in [0.1, 0.15) is 5.82 Å². The third kappa shape index (κ3) is 2.25. The first-order valence-corrected chi connectivity index (χ1v) is 6.33. The van der Waals surface area contributed by atoms with Crippen LogP contribution in [0.5, 0.6) is 0 Å². The predicted octanol–water partition coefficient (Wildman–Crippen LogP) is 3.13. The minimum absolute atomic E-state index is 0.132. The molecule has 0 aliphatic heterocycles. The molecular weight excluding hydrogens is 250 g/mol. The van der Waals surface area contributed by atoms with E-state index in [-0.39, 0.29) is 24.3 Å². The molecule has 0 saturated heterocycles. The van der Waals surface area contributed by atoms with Gasteiger partial charge < -0.3 is 4.98 Å². The minimum Gasteiger partial charge on any atom is -0.310 e. The number of nitrogens with one attached hydrogen (secondary N) is 1. The van der Waals surface area contributed by atoms with E-state index >= 15 is 0 Å². The number of hydrogen-bond donors (Lipinski definition) is 1. The number of aromatic amines is 1. The highest BCUT2D eigenvalue weighted by Gasteiger charge is 2.41. The van der Waals surface area contributed by atoms with E-state index in [9.17, 15) is 13.6 Å². The number of nitrogens with zero attached hydrogens (tertiary/aromatic N) is 1. The van der Waals surface area contributed by atoms with Crippen molar-refractivity contribution in [2.45, 2.75) is 38.0 Å². The van der Waals surface area contributed by atoms with Crippen LogP contribution in [-0.4, -0.2) is 15.9 Å². The van der Waals surface area contributed by atoms with Crippen LogP contribution in [0.15, 0.2) is 23.0 Å². The topological polar surface area (TPSA) is 45.8 Å². The van der Waals surface area contributed by atoms with Crippen LogP contribution < -0.4 is 5.56 Å². The molecule has 2 aromatic rings. The average Bonchev–Trinajstić information content (AvgIpc) is 2.70. The van der Waals surface area contributed by atoms with Gasteiger partial charge >= 0.3 is 0 Å². The highest BCUT2D eigenvalue weighted by molar-refractivity contribution is 5.78. The lowest BCUT2D eigenvalue weighted by molar-refractivity contribution is 0.00754. The SMILES string of the molecule is Cc1ccc2nc([C@@H]3CCC(F)(F)C3)[nH]c(=O)c2c1. The molecule has 0 bridgehead atoms.